The van der Waals surface area contributed by atoms with Crippen LogP contribution in [0.5, 0.6) is 0 Å². The first kappa shape index (κ1) is 25.1. The van der Waals surface area contributed by atoms with Crippen molar-refractivity contribution in [3.63, 3.8) is 0 Å². The first-order valence-electron chi connectivity index (χ1n) is 1.39. The normalized spacial score (nSPS) is 8.31. The quantitative estimate of drug-likeness (QED) is 0.222. The molecule has 0 saturated carbocycles. The van der Waals surface area contributed by atoms with Crippen LogP contribution in [0.3, 0.4) is 0 Å². The van der Waals surface area contributed by atoms with Crippen molar-refractivity contribution in [1.29, 1.82) is 0 Å². The maximum atomic E-state index is 8.57. The van der Waals surface area contributed by atoms with Gasteiger partial charge in [-0.25, -0.2) is 0 Å². The summed E-state index contributed by atoms with van der Waals surface area (Å²) >= 11 is -12.0. The Hall–Kier alpha value is 3.15. The molecule has 0 aliphatic heterocycles. The third-order valence-electron chi connectivity index (χ3n) is 0. The van der Waals surface area contributed by atoms with Crippen LogP contribution in [-0.2, 0) is 0 Å². The molecule has 0 unspecified atom stereocenters. The van der Waals surface area contributed by atoms with Crippen LogP contribution in [0.15, 0.2) is 0 Å². The number of rotatable bonds is 0. The van der Waals surface area contributed by atoms with Gasteiger partial charge in [-0.05, 0) is 0 Å². The minimum atomic E-state index is -4.01. The molecule has 0 aromatic rings. The second-order valence-electron chi connectivity index (χ2n) is 0.567. The molecule has 0 fully saturated rings. The summed E-state index contributed by atoms with van der Waals surface area (Å²) in [4.78, 5) is 0. The van der Waals surface area contributed by atoms with E-state index < -0.39 is 63.2 Å². The average Bonchev–Trinajstić information content (AvgIpc) is 1.54. The Morgan fingerprint density at radius 3 is 0.385 bits per heavy atom. The van der Waals surface area contributed by atoms with Gasteiger partial charge < -0.3 is 30.9 Å². The number of hydrogen-bond donors (Lipinski definition) is 0. The standard InChI is InChI=1S/Gd.3IO3/c;3*2-1(3)4/q;3*-1. The molecule has 0 amide bonds. The summed E-state index contributed by atoms with van der Waals surface area (Å²) in [7, 11) is 0. The Morgan fingerprint density at radius 1 is 0.385 bits per heavy atom. The molecule has 0 radical (unpaired) electrons. The topological polar surface area (TPSA) is 208 Å². The van der Waals surface area contributed by atoms with Gasteiger partial charge in [-0.1, -0.05) is 0 Å². The molecule has 9 nitrogen and oxygen atoms in total. The zero-order chi connectivity index (χ0) is 10.7. The van der Waals surface area contributed by atoms with Crippen LogP contribution < -0.4 is 94.1 Å². The molecule has 13 heavy (non-hydrogen) atoms. The Kier molecular flexibility index (Phi) is 39.7. The maximum absolute atomic E-state index is 8.57. The van der Waals surface area contributed by atoms with E-state index in [4.69, 9.17) is 30.9 Å². The van der Waals surface area contributed by atoms with E-state index in [-0.39, 0.29) is 39.9 Å². The molecule has 86 valence electrons. The summed E-state index contributed by atoms with van der Waals surface area (Å²) in [6.07, 6.45) is 0. The van der Waals surface area contributed by atoms with Crippen LogP contribution >= 0.6 is 0 Å². The molecular formula is GdI3O9-3. The molecule has 0 saturated heterocycles. The maximum Gasteiger partial charge on any atom is 0.282 e. The van der Waals surface area contributed by atoms with Gasteiger partial charge in [0.25, 0.3) is 63.2 Å². The van der Waals surface area contributed by atoms with Crippen molar-refractivity contribution < 1.29 is 134 Å². The third-order valence-corrected chi connectivity index (χ3v) is 0. The van der Waals surface area contributed by atoms with E-state index in [1.54, 1.807) is 0 Å². The fraction of sp³-hybridized carbons (Fsp3) is 0. The summed E-state index contributed by atoms with van der Waals surface area (Å²) in [6, 6.07) is 0. The van der Waals surface area contributed by atoms with E-state index >= 15 is 0 Å². The zero-order valence-corrected chi connectivity index (χ0v) is 13.9. The second-order valence-corrected chi connectivity index (χ2v) is 3.80. The van der Waals surface area contributed by atoms with Crippen molar-refractivity contribution in [2.45, 2.75) is 0 Å². The fourth-order valence-electron chi connectivity index (χ4n) is 0. The summed E-state index contributed by atoms with van der Waals surface area (Å²) < 4.78 is 77.2. The predicted molar refractivity (Wildman–Crippen MR) is 0 cm³/mol. The molecule has 0 aromatic heterocycles. The monoisotopic (exact) mass is 683 g/mol. The zero-order valence-electron chi connectivity index (χ0n) is 5.16. The van der Waals surface area contributed by atoms with Gasteiger partial charge in [0.2, 0.25) is 0 Å². The molecule has 0 rings (SSSR count). The second kappa shape index (κ2) is 20.6. The van der Waals surface area contributed by atoms with Crippen LogP contribution in [0.25, 0.3) is 0 Å². The smallest absolute Gasteiger partial charge is 0.282 e. The van der Waals surface area contributed by atoms with Crippen LogP contribution in [-0.4, -0.2) is 0 Å². The molecule has 0 aliphatic rings. The Bertz CT molecular complexity index is 43.4. The molecule has 0 aliphatic carbocycles. The van der Waals surface area contributed by atoms with Crippen molar-refractivity contribution in [3.05, 3.63) is 0 Å². The van der Waals surface area contributed by atoms with E-state index in [2.05, 4.69) is 0 Å². The molecule has 0 aromatic carbocycles. The number of halogens is 3. The van der Waals surface area contributed by atoms with Crippen molar-refractivity contribution in [1.82, 2.24) is 0 Å². The third kappa shape index (κ3) is 264. The van der Waals surface area contributed by atoms with Crippen LogP contribution in [0.4, 0.5) is 0 Å². The largest absolute Gasteiger partial charge is 0.427 e. The van der Waals surface area contributed by atoms with Gasteiger partial charge in [0.15, 0.2) is 0 Å². The molecule has 0 N–H and O–H groups in total. The predicted octanol–water partition coefficient (Wildman–Crippen LogP) is -19.7. The van der Waals surface area contributed by atoms with E-state index in [0.717, 1.165) is 0 Å². The summed E-state index contributed by atoms with van der Waals surface area (Å²) in [5.41, 5.74) is 0. The van der Waals surface area contributed by atoms with E-state index in [1.807, 2.05) is 0 Å². The van der Waals surface area contributed by atoms with Crippen molar-refractivity contribution >= 4 is 0 Å². The SMILES string of the molecule is [Gd].[O-][I+2]([O-])[O-].[O-][I+2]([O-])[O-].[O-][I+2]([O-])[O-]. The Balaban J connectivity index is -0.0000000450. The van der Waals surface area contributed by atoms with Gasteiger partial charge in [-0.2, -0.15) is 0 Å². The first-order valence-corrected chi connectivity index (χ1v) is 9.32. The van der Waals surface area contributed by atoms with E-state index in [0.29, 0.717) is 0 Å². The van der Waals surface area contributed by atoms with Gasteiger partial charge in [0.1, 0.15) is 0 Å². The van der Waals surface area contributed by atoms with E-state index in [9.17, 15) is 0 Å². The van der Waals surface area contributed by atoms with Gasteiger partial charge >= 0.3 is 0 Å². The van der Waals surface area contributed by atoms with Crippen molar-refractivity contribution in [2.75, 3.05) is 0 Å². The van der Waals surface area contributed by atoms with E-state index in [1.165, 1.54) is 0 Å². The molecule has 0 atom stereocenters. The molecule has 0 spiro atoms. The van der Waals surface area contributed by atoms with Crippen molar-refractivity contribution in [2.24, 2.45) is 0 Å². The van der Waals surface area contributed by atoms with Crippen LogP contribution in [0.1, 0.15) is 0 Å². The molecule has 0 bridgehead atoms. The van der Waals surface area contributed by atoms with Gasteiger partial charge in [-0.3, -0.25) is 0 Å². The van der Waals surface area contributed by atoms with Gasteiger partial charge in [-0.15, -0.1) is 0 Å². The van der Waals surface area contributed by atoms with Crippen LogP contribution in [0.2, 0.25) is 0 Å². The average molecular weight is 682 g/mol. The Morgan fingerprint density at radius 2 is 0.385 bits per heavy atom. The van der Waals surface area contributed by atoms with Gasteiger partial charge in [0, 0.05) is 39.9 Å². The summed E-state index contributed by atoms with van der Waals surface area (Å²) in [6.45, 7) is 0. The fourth-order valence-corrected chi connectivity index (χ4v) is 0. The number of hydrogen-bond acceptors (Lipinski definition) is 9. The van der Waals surface area contributed by atoms with Crippen LogP contribution in [0, 0.1) is 39.9 Å². The minimum Gasteiger partial charge on any atom is -0.427 e. The summed E-state index contributed by atoms with van der Waals surface area (Å²) in [5.74, 6) is 0. The molecular weight excluding hydrogens is 682 g/mol. The van der Waals surface area contributed by atoms with Crippen molar-refractivity contribution in [3.8, 4) is 0 Å². The first-order chi connectivity index (χ1) is 5.20. The summed E-state index contributed by atoms with van der Waals surface area (Å²) in [5, 5.41) is 0. The Labute approximate surface area is 131 Å². The molecule has 13 heteroatoms. The molecule has 0 heterocycles. The van der Waals surface area contributed by atoms with Gasteiger partial charge in [0.05, 0.1) is 0 Å². The minimum absolute atomic E-state index is 0.